The van der Waals surface area contributed by atoms with Crippen molar-refractivity contribution in [1.82, 2.24) is 9.62 Å². The summed E-state index contributed by atoms with van der Waals surface area (Å²) in [5, 5.41) is 3.20. The first-order valence-electron chi connectivity index (χ1n) is 11.7. The van der Waals surface area contributed by atoms with Gasteiger partial charge >= 0.3 is 0 Å². The van der Waals surface area contributed by atoms with E-state index >= 15 is 0 Å². The van der Waals surface area contributed by atoms with Crippen LogP contribution in [0.3, 0.4) is 0 Å². The molecule has 2 aromatic rings. The van der Waals surface area contributed by atoms with Gasteiger partial charge in [-0.15, -0.1) is 0 Å². The van der Waals surface area contributed by atoms with Gasteiger partial charge in [0.15, 0.2) is 0 Å². The number of hydrogen-bond acceptors (Lipinski definition) is 4. The Morgan fingerprint density at radius 2 is 1.62 bits per heavy atom. The molecule has 1 spiro atoms. The lowest BCUT2D eigenvalue weighted by Gasteiger charge is -2.44. The molecule has 2 aliphatic heterocycles. The van der Waals surface area contributed by atoms with Crippen LogP contribution in [0.5, 0.6) is 5.75 Å². The maximum Gasteiger partial charge on any atom is 0.251 e. The Labute approximate surface area is 190 Å². The molecule has 2 heterocycles. The van der Waals surface area contributed by atoms with E-state index < -0.39 is 10.0 Å². The van der Waals surface area contributed by atoms with Crippen molar-refractivity contribution in [2.75, 3.05) is 13.1 Å². The van der Waals surface area contributed by atoms with Crippen LogP contribution in [0.2, 0.25) is 0 Å². The third kappa shape index (κ3) is 4.04. The molecular formula is C25H30N2O4S. The van der Waals surface area contributed by atoms with Gasteiger partial charge in [0.25, 0.3) is 5.91 Å². The Morgan fingerprint density at radius 3 is 2.34 bits per heavy atom. The third-order valence-electron chi connectivity index (χ3n) is 7.09. The maximum absolute atomic E-state index is 13.1. The van der Waals surface area contributed by atoms with E-state index in [0.717, 1.165) is 56.3 Å². The van der Waals surface area contributed by atoms with Gasteiger partial charge < -0.3 is 10.1 Å². The third-order valence-corrected chi connectivity index (χ3v) is 9.00. The monoisotopic (exact) mass is 454 g/mol. The molecule has 0 radical (unpaired) electrons. The van der Waals surface area contributed by atoms with Gasteiger partial charge in [-0.25, -0.2) is 8.42 Å². The number of amides is 1. The van der Waals surface area contributed by atoms with E-state index in [0.29, 0.717) is 18.7 Å². The fraction of sp³-hybridized carbons (Fsp3) is 0.480. The van der Waals surface area contributed by atoms with E-state index in [-0.39, 0.29) is 22.4 Å². The van der Waals surface area contributed by atoms with Crippen molar-refractivity contribution in [3.8, 4) is 5.75 Å². The highest BCUT2D eigenvalue weighted by molar-refractivity contribution is 7.89. The molecule has 0 aromatic heterocycles. The Bertz CT molecular complexity index is 1090. The van der Waals surface area contributed by atoms with E-state index in [2.05, 4.69) is 5.32 Å². The van der Waals surface area contributed by atoms with Crippen LogP contribution in [-0.4, -0.2) is 37.3 Å². The fourth-order valence-electron chi connectivity index (χ4n) is 5.35. The average molecular weight is 455 g/mol. The summed E-state index contributed by atoms with van der Waals surface area (Å²) in [6.07, 6.45) is 8.11. The molecule has 1 saturated carbocycles. The molecule has 1 aliphatic carbocycles. The van der Waals surface area contributed by atoms with E-state index in [1.54, 1.807) is 24.3 Å². The number of rotatable bonds is 4. The van der Waals surface area contributed by atoms with Crippen LogP contribution < -0.4 is 10.1 Å². The van der Waals surface area contributed by atoms with E-state index in [4.69, 9.17) is 4.74 Å². The summed E-state index contributed by atoms with van der Waals surface area (Å²) < 4.78 is 33.5. The Morgan fingerprint density at radius 1 is 0.938 bits per heavy atom. The highest BCUT2D eigenvalue weighted by Crippen LogP contribution is 2.46. The Kier molecular flexibility index (Phi) is 5.72. The van der Waals surface area contributed by atoms with Crippen molar-refractivity contribution in [3.63, 3.8) is 0 Å². The highest BCUT2D eigenvalue weighted by atomic mass is 32.2. The molecule has 0 bridgehead atoms. The second-order valence-corrected chi connectivity index (χ2v) is 11.2. The lowest BCUT2D eigenvalue weighted by molar-refractivity contribution is -0.00210. The van der Waals surface area contributed by atoms with Crippen molar-refractivity contribution in [2.24, 2.45) is 0 Å². The molecule has 170 valence electrons. The van der Waals surface area contributed by atoms with E-state index in [1.165, 1.54) is 10.7 Å². The quantitative estimate of drug-likeness (QED) is 0.742. The minimum absolute atomic E-state index is 0.126. The van der Waals surface area contributed by atoms with Crippen molar-refractivity contribution < 1.29 is 17.9 Å². The van der Waals surface area contributed by atoms with Crippen LogP contribution in [0.15, 0.2) is 53.4 Å². The van der Waals surface area contributed by atoms with Crippen LogP contribution in [0, 0.1) is 0 Å². The van der Waals surface area contributed by atoms with Gasteiger partial charge in [0, 0.05) is 30.6 Å². The van der Waals surface area contributed by atoms with Crippen molar-refractivity contribution in [2.45, 2.75) is 67.9 Å². The number of fused-ring (bicyclic) bond motifs is 1. The molecule has 2 fully saturated rings. The first-order chi connectivity index (χ1) is 15.5. The van der Waals surface area contributed by atoms with Gasteiger partial charge in [-0.05, 0) is 68.9 Å². The SMILES string of the molecule is O=C(N[C@@H]1CC2(CCCCC2)Oc2ccccc21)c1ccc(S(=O)(=O)N2CCCC2)cc1. The van der Waals surface area contributed by atoms with Crippen molar-refractivity contribution >= 4 is 15.9 Å². The lowest BCUT2D eigenvalue weighted by atomic mass is 9.77. The van der Waals surface area contributed by atoms with Crippen molar-refractivity contribution in [3.05, 3.63) is 59.7 Å². The van der Waals surface area contributed by atoms with Crippen LogP contribution in [0.1, 0.15) is 73.3 Å². The molecule has 5 rings (SSSR count). The molecular weight excluding hydrogens is 424 g/mol. The Balaban J connectivity index is 1.35. The molecule has 6 nitrogen and oxygen atoms in total. The molecule has 32 heavy (non-hydrogen) atoms. The molecule has 1 saturated heterocycles. The minimum atomic E-state index is -3.48. The summed E-state index contributed by atoms with van der Waals surface area (Å²) in [5.74, 6) is 0.667. The molecule has 7 heteroatoms. The fourth-order valence-corrected chi connectivity index (χ4v) is 6.86. The number of nitrogens with zero attached hydrogens (tertiary/aromatic N) is 1. The van der Waals surface area contributed by atoms with Gasteiger partial charge in [-0.3, -0.25) is 4.79 Å². The predicted octanol–water partition coefficient (Wildman–Crippen LogP) is 4.43. The second-order valence-electron chi connectivity index (χ2n) is 9.25. The summed E-state index contributed by atoms with van der Waals surface area (Å²) in [5.41, 5.74) is 1.26. The number of para-hydroxylation sites is 1. The Hall–Kier alpha value is -2.38. The minimum Gasteiger partial charge on any atom is -0.487 e. The first kappa shape index (κ1) is 21.5. The maximum atomic E-state index is 13.1. The van der Waals surface area contributed by atoms with Gasteiger partial charge in [0.05, 0.1) is 10.9 Å². The second kappa shape index (κ2) is 8.52. The molecule has 1 amide bonds. The zero-order valence-corrected chi connectivity index (χ0v) is 19.1. The number of sulfonamides is 1. The van der Waals surface area contributed by atoms with Gasteiger partial charge in [-0.1, -0.05) is 24.6 Å². The average Bonchev–Trinajstić information content (AvgIpc) is 3.36. The summed E-state index contributed by atoms with van der Waals surface area (Å²) in [6.45, 7) is 1.13. The predicted molar refractivity (Wildman–Crippen MR) is 122 cm³/mol. The van der Waals surface area contributed by atoms with Gasteiger partial charge in [0.2, 0.25) is 10.0 Å². The number of benzene rings is 2. The molecule has 2 aromatic carbocycles. The highest BCUT2D eigenvalue weighted by Gasteiger charge is 2.42. The van der Waals surface area contributed by atoms with E-state index in [9.17, 15) is 13.2 Å². The number of carbonyl (C=O) groups excluding carboxylic acids is 1. The normalized spacial score (nSPS) is 22.8. The van der Waals surface area contributed by atoms with Crippen LogP contribution in [-0.2, 0) is 10.0 Å². The zero-order chi connectivity index (χ0) is 22.2. The van der Waals surface area contributed by atoms with Crippen molar-refractivity contribution in [1.29, 1.82) is 0 Å². The first-order valence-corrected chi connectivity index (χ1v) is 13.1. The number of nitrogens with one attached hydrogen (secondary N) is 1. The van der Waals surface area contributed by atoms with Crippen LogP contribution >= 0.6 is 0 Å². The van der Waals surface area contributed by atoms with Gasteiger partial charge in [-0.2, -0.15) is 4.31 Å². The standard InChI is InChI=1S/C25H30N2O4S/c28-24(19-10-12-20(13-11-19)32(29,30)27-16-6-7-17-27)26-22-18-25(14-4-1-5-15-25)31-23-9-3-2-8-21(22)23/h2-3,8-13,22H,1,4-7,14-18H2,(H,26,28)/t22-/m1/s1. The van der Waals surface area contributed by atoms with E-state index in [1.807, 2.05) is 24.3 Å². The zero-order valence-electron chi connectivity index (χ0n) is 18.3. The topological polar surface area (TPSA) is 75.7 Å². The number of carbonyl (C=O) groups is 1. The van der Waals surface area contributed by atoms with Crippen LogP contribution in [0.4, 0.5) is 0 Å². The smallest absolute Gasteiger partial charge is 0.251 e. The van der Waals surface area contributed by atoms with Gasteiger partial charge in [0.1, 0.15) is 11.4 Å². The summed E-state index contributed by atoms with van der Waals surface area (Å²) in [4.78, 5) is 13.3. The number of hydrogen-bond donors (Lipinski definition) is 1. The molecule has 1 N–H and O–H groups in total. The summed E-state index contributed by atoms with van der Waals surface area (Å²) in [6, 6.07) is 14.1. The molecule has 0 unspecified atom stereocenters. The summed E-state index contributed by atoms with van der Waals surface area (Å²) in [7, 11) is -3.48. The lowest BCUT2D eigenvalue weighted by Crippen LogP contribution is -2.46. The summed E-state index contributed by atoms with van der Waals surface area (Å²) >= 11 is 0. The molecule has 1 atom stereocenters. The number of ether oxygens (including phenoxy) is 1. The largest absolute Gasteiger partial charge is 0.487 e. The molecule has 3 aliphatic rings. The van der Waals surface area contributed by atoms with Crippen LogP contribution in [0.25, 0.3) is 0 Å².